The van der Waals surface area contributed by atoms with Crippen LogP contribution in [-0.4, -0.2) is 58.7 Å². The Morgan fingerprint density at radius 1 is 0.446 bits per heavy atom. The van der Waals surface area contributed by atoms with Gasteiger partial charge in [0.2, 0.25) is 0 Å². The molecule has 5 nitrogen and oxygen atoms in total. The lowest BCUT2D eigenvalue weighted by molar-refractivity contribution is -0.150. The molecular weight excluding hydrogens is 711 g/mol. The van der Waals surface area contributed by atoms with Crippen LogP contribution in [0, 0.1) is 0 Å². The lowest BCUT2D eigenvalue weighted by Gasteiger charge is -2.22. The lowest BCUT2D eigenvalue weighted by Crippen LogP contribution is -2.27. The third-order valence-electron chi connectivity index (χ3n) is 11.7. The first-order valence-electron chi connectivity index (χ1n) is 25.2. The van der Waals surface area contributed by atoms with Gasteiger partial charge in [0, 0.05) is 24.7 Å². The number of carbonyl (C=O) groups excluding carboxylic acids is 2. The van der Waals surface area contributed by atoms with Crippen molar-refractivity contribution in [2.45, 2.75) is 283 Å². The van der Waals surface area contributed by atoms with Gasteiger partial charge in [0.15, 0.2) is 5.12 Å². The van der Waals surface area contributed by atoms with E-state index in [2.05, 4.69) is 32.6 Å². The summed E-state index contributed by atoms with van der Waals surface area (Å²) in [5.41, 5.74) is 0. The maximum absolute atomic E-state index is 12.9. The Hall–Kier alpha value is -0.590. The number of thioether (sulfide) groups is 1. The summed E-state index contributed by atoms with van der Waals surface area (Å²) in [7, 11) is 0. The van der Waals surface area contributed by atoms with Gasteiger partial charge in [-0.1, -0.05) is 194 Å². The summed E-state index contributed by atoms with van der Waals surface area (Å²) >= 11 is 1.69. The number of esters is 1. The van der Waals surface area contributed by atoms with E-state index in [9.17, 15) is 14.7 Å². The minimum Gasteiger partial charge on any atom is -0.462 e. The lowest BCUT2D eigenvalue weighted by atomic mass is 10.0. The van der Waals surface area contributed by atoms with E-state index in [1.165, 1.54) is 186 Å². The number of hydrogen-bond acceptors (Lipinski definition) is 6. The Bertz CT molecular complexity index is 750. The molecule has 6 heteroatoms. The van der Waals surface area contributed by atoms with Gasteiger partial charge in [0.25, 0.3) is 0 Å². The fraction of sp³-hybridized carbons (Fsp3) is 0.960. The molecule has 0 aliphatic heterocycles. The van der Waals surface area contributed by atoms with E-state index in [4.69, 9.17) is 4.74 Å². The molecule has 0 radical (unpaired) electrons. The summed E-state index contributed by atoms with van der Waals surface area (Å²) in [6.45, 7) is 12.7. The second-order valence-electron chi connectivity index (χ2n) is 17.3. The highest BCUT2D eigenvalue weighted by Gasteiger charge is 2.16. The summed E-state index contributed by atoms with van der Waals surface area (Å²) in [6, 6.07) is 0. The van der Waals surface area contributed by atoms with E-state index >= 15 is 0 Å². The molecule has 2 atom stereocenters. The van der Waals surface area contributed by atoms with Gasteiger partial charge in [-0.3, -0.25) is 9.59 Å². The van der Waals surface area contributed by atoms with Crippen molar-refractivity contribution in [1.82, 2.24) is 4.90 Å². The van der Waals surface area contributed by atoms with Crippen LogP contribution in [0.4, 0.5) is 0 Å². The van der Waals surface area contributed by atoms with E-state index in [-0.39, 0.29) is 18.7 Å². The molecule has 0 saturated carbocycles. The number of aliphatic hydroxyl groups is 1. The van der Waals surface area contributed by atoms with Gasteiger partial charge in [-0.05, 0) is 96.7 Å². The molecule has 0 spiro atoms. The van der Waals surface area contributed by atoms with Gasteiger partial charge in [-0.2, -0.15) is 0 Å². The molecule has 0 saturated heterocycles. The first kappa shape index (κ1) is 55.4. The highest BCUT2D eigenvalue weighted by atomic mass is 32.2. The largest absolute Gasteiger partial charge is 0.462 e. The Labute approximate surface area is 355 Å². The van der Waals surface area contributed by atoms with Crippen LogP contribution < -0.4 is 0 Å². The first-order chi connectivity index (χ1) is 27.5. The summed E-state index contributed by atoms with van der Waals surface area (Å²) < 4.78 is 6.02. The van der Waals surface area contributed by atoms with E-state index in [1.807, 2.05) is 0 Å². The normalized spacial score (nSPS) is 12.8. The van der Waals surface area contributed by atoms with Crippen LogP contribution >= 0.6 is 11.8 Å². The molecule has 0 aromatic heterocycles. The molecule has 56 heavy (non-hydrogen) atoms. The van der Waals surface area contributed by atoms with Crippen molar-refractivity contribution < 1.29 is 19.4 Å². The van der Waals surface area contributed by atoms with E-state index in [0.29, 0.717) is 16.8 Å². The molecule has 0 aliphatic rings. The van der Waals surface area contributed by atoms with Crippen molar-refractivity contribution in [2.24, 2.45) is 0 Å². The minimum absolute atomic E-state index is 0.0256. The van der Waals surface area contributed by atoms with Gasteiger partial charge >= 0.3 is 5.97 Å². The maximum Gasteiger partial charge on any atom is 0.306 e. The zero-order valence-corrected chi connectivity index (χ0v) is 39.2. The van der Waals surface area contributed by atoms with Gasteiger partial charge in [0.05, 0.1) is 0 Å². The van der Waals surface area contributed by atoms with Gasteiger partial charge < -0.3 is 14.7 Å². The van der Waals surface area contributed by atoms with E-state index in [1.54, 1.807) is 11.8 Å². The van der Waals surface area contributed by atoms with Crippen LogP contribution in [0.1, 0.15) is 272 Å². The fourth-order valence-corrected chi connectivity index (χ4v) is 9.17. The maximum atomic E-state index is 12.9. The first-order valence-corrected chi connectivity index (χ1v) is 26.1. The number of aliphatic hydroxyl groups excluding tert-OH is 1. The number of hydrogen-bond donors (Lipinski definition) is 1. The quantitative estimate of drug-likeness (QED) is 0.0488. The van der Waals surface area contributed by atoms with Gasteiger partial charge in [-0.15, -0.1) is 0 Å². The van der Waals surface area contributed by atoms with Crippen LogP contribution in [0.3, 0.4) is 0 Å². The van der Waals surface area contributed by atoms with Crippen molar-refractivity contribution in [3.05, 3.63) is 0 Å². The molecule has 2 unspecified atom stereocenters. The van der Waals surface area contributed by atoms with Crippen molar-refractivity contribution >= 4 is 22.8 Å². The smallest absolute Gasteiger partial charge is 0.306 e. The summed E-state index contributed by atoms with van der Waals surface area (Å²) in [5, 5.41) is 10.3. The highest BCUT2D eigenvalue weighted by Crippen LogP contribution is 2.27. The number of nitrogens with zero attached hydrogens (tertiary/aromatic N) is 1. The Balaban J connectivity index is 4.28. The molecule has 0 rings (SSSR count). The van der Waals surface area contributed by atoms with Crippen molar-refractivity contribution in [3.63, 3.8) is 0 Å². The Morgan fingerprint density at radius 2 is 0.804 bits per heavy atom. The zero-order valence-electron chi connectivity index (χ0n) is 38.4. The monoisotopic (exact) mass is 810 g/mol. The molecular formula is C50H99NO4S. The molecule has 0 aromatic rings. The van der Waals surface area contributed by atoms with Crippen LogP contribution in [0.15, 0.2) is 0 Å². The second kappa shape index (κ2) is 45.5. The number of unbranched alkanes of at least 4 members (excludes halogenated alkanes) is 25. The fourth-order valence-electron chi connectivity index (χ4n) is 7.97. The number of ether oxygens (including phenoxy) is 1. The summed E-state index contributed by atoms with van der Waals surface area (Å²) in [6.07, 6.45) is 45.4. The van der Waals surface area contributed by atoms with Crippen molar-refractivity contribution in [3.8, 4) is 0 Å². The van der Waals surface area contributed by atoms with Crippen LogP contribution in [0.2, 0.25) is 0 Å². The van der Waals surface area contributed by atoms with Crippen molar-refractivity contribution in [2.75, 3.05) is 26.2 Å². The molecule has 0 bridgehead atoms. The molecule has 0 fully saturated rings. The number of carbonyl (C=O) groups is 2. The minimum atomic E-state index is 0.0256. The predicted octanol–water partition coefficient (Wildman–Crippen LogP) is 15.7. The molecule has 0 amide bonds. The van der Waals surface area contributed by atoms with Crippen LogP contribution in [0.25, 0.3) is 0 Å². The van der Waals surface area contributed by atoms with Crippen LogP contribution in [-0.2, 0) is 14.3 Å². The average Bonchev–Trinajstić information content (AvgIpc) is 3.19. The second-order valence-corrected chi connectivity index (χ2v) is 18.7. The third kappa shape index (κ3) is 40.2. The van der Waals surface area contributed by atoms with E-state index < -0.39 is 0 Å². The number of rotatable bonds is 46. The SMILES string of the molecule is CCCCCCCCC(CCCCCC)OC(=O)CCCCCCCN(CCCCO)CCCCCCCC(=O)SC(CCCCCC)CCCCCCCC. The average molecular weight is 810 g/mol. The predicted molar refractivity (Wildman–Crippen MR) is 248 cm³/mol. The van der Waals surface area contributed by atoms with Gasteiger partial charge in [-0.25, -0.2) is 0 Å². The Kier molecular flexibility index (Phi) is 45.0. The summed E-state index contributed by atoms with van der Waals surface area (Å²) in [5.74, 6) is 0.0256. The zero-order chi connectivity index (χ0) is 41.0. The third-order valence-corrected chi connectivity index (χ3v) is 13.0. The highest BCUT2D eigenvalue weighted by molar-refractivity contribution is 8.14. The molecule has 0 heterocycles. The molecule has 0 aliphatic carbocycles. The Morgan fingerprint density at radius 3 is 1.27 bits per heavy atom. The molecule has 334 valence electrons. The van der Waals surface area contributed by atoms with Crippen molar-refractivity contribution in [1.29, 1.82) is 0 Å². The van der Waals surface area contributed by atoms with E-state index in [0.717, 1.165) is 71.0 Å². The standard InChI is InChI=1S/C50H99NO4S/c1-5-9-13-17-21-28-38-47(37-27-15-11-7-3)55-49(53)41-31-23-19-25-33-43-51(45-35-36-46-52)44-34-26-20-24-32-42-50(54)56-48(39-29-16-12-8-4)40-30-22-18-14-10-6-2/h47-48,52H,5-46H2,1-4H3. The molecule has 1 N–H and O–H groups in total. The molecule has 0 aromatic carbocycles. The van der Waals surface area contributed by atoms with Gasteiger partial charge in [0.1, 0.15) is 6.10 Å². The topological polar surface area (TPSA) is 66.8 Å². The summed E-state index contributed by atoms with van der Waals surface area (Å²) in [4.78, 5) is 28.2. The van der Waals surface area contributed by atoms with Crippen LogP contribution in [0.5, 0.6) is 0 Å².